The maximum atomic E-state index is 5.77. The van der Waals surface area contributed by atoms with Crippen molar-refractivity contribution in [3.05, 3.63) is 0 Å². The fourth-order valence-corrected chi connectivity index (χ4v) is 1.90. The van der Waals surface area contributed by atoms with Gasteiger partial charge in [0.05, 0.1) is 6.61 Å². The van der Waals surface area contributed by atoms with E-state index < -0.39 is 0 Å². The third kappa shape index (κ3) is 0.944. The molecule has 3 heteroatoms. The molecule has 0 radical (unpaired) electrons. The first kappa shape index (κ1) is 6.58. The summed E-state index contributed by atoms with van der Waals surface area (Å²) in [6.45, 7) is 2.73. The molecule has 0 saturated carbocycles. The van der Waals surface area contributed by atoms with Gasteiger partial charge < -0.3 is 15.8 Å². The van der Waals surface area contributed by atoms with Crippen LogP contribution in [0.2, 0.25) is 0 Å². The summed E-state index contributed by atoms with van der Waals surface area (Å²) in [5, 5.41) is 3.43. The monoisotopic (exact) mass is 142 g/mol. The predicted octanol–water partition coefficient (Wildman–Crippen LogP) is -0.534. The smallest absolute Gasteiger partial charge is 0.0649 e. The van der Waals surface area contributed by atoms with Crippen molar-refractivity contribution >= 4 is 0 Å². The van der Waals surface area contributed by atoms with E-state index in [1.165, 1.54) is 0 Å². The van der Waals surface area contributed by atoms with Gasteiger partial charge >= 0.3 is 0 Å². The summed E-state index contributed by atoms with van der Waals surface area (Å²) < 4.78 is 5.31. The van der Waals surface area contributed by atoms with E-state index in [1.54, 1.807) is 0 Å². The average molecular weight is 142 g/mol. The summed E-state index contributed by atoms with van der Waals surface area (Å²) in [7, 11) is 0. The standard InChI is InChI=1S/C7H14N2O/c8-6-3-7(9-4-6)1-2-10-5-7/h6,9H,1-5,8H2. The SMILES string of the molecule is NC1CNC2(CCOC2)C1. The van der Waals surface area contributed by atoms with Gasteiger partial charge in [0.25, 0.3) is 0 Å². The Morgan fingerprint density at radius 1 is 1.60 bits per heavy atom. The third-order valence-corrected chi connectivity index (χ3v) is 2.50. The zero-order valence-corrected chi connectivity index (χ0v) is 6.10. The fourth-order valence-electron chi connectivity index (χ4n) is 1.90. The molecule has 0 aromatic carbocycles. The van der Waals surface area contributed by atoms with Crippen LogP contribution in [0, 0.1) is 0 Å². The third-order valence-electron chi connectivity index (χ3n) is 2.50. The molecule has 2 rings (SSSR count). The Balaban J connectivity index is 2.03. The second-order valence-electron chi connectivity index (χ2n) is 3.43. The normalized spacial score (nSPS) is 47.1. The van der Waals surface area contributed by atoms with Gasteiger partial charge in [0.15, 0.2) is 0 Å². The topological polar surface area (TPSA) is 47.3 Å². The molecule has 0 aliphatic carbocycles. The summed E-state index contributed by atoms with van der Waals surface area (Å²) in [4.78, 5) is 0. The zero-order valence-electron chi connectivity index (χ0n) is 6.10. The minimum Gasteiger partial charge on any atom is -0.379 e. The van der Waals surface area contributed by atoms with E-state index in [0.717, 1.165) is 32.6 Å². The number of rotatable bonds is 0. The molecule has 2 heterocycles. The van der Waals surface area contributed by atoms with Gasteiger partial charge in [-0.05, 0) is 12.8 Å². The van der Waals surface area contributed by atoms with Gasteiger partial charge in [0.2, 0.25) is 0 Å². The minimum atomic E-state index is 0.263. The molecule has 2 fully saturated rings. The first-order valence-corrected chi connectivity index (χ1v) is 3.89. The van der Waals surface area contributed by atoms with Crippen molar-refractivity contribution in [2.24, 2.45) is 5.73 Å². The Morgan fingerprint density at radius 2 is 2.50 bits per heavy atom. The van der Waals surface area contributed by atoms with E-state index in [9.17, 15) is 0 Å². The number of ether oxygens (including phenoxy) is 1. The molecule has 3 nitrogen and oxygen atoms in total. The van der Waals surface area contributed by atoms with Gasteiger partial charge in [0, 0.05) is 24.7 Å². The largest absolute Gasteiger partial charge is 0.379 e. The van der Waals surface area contributed by atoms with E-state index >= 15 is 0 Å². The lowest BCUT2D eigenvalue weighted by molar-refractivity contribution is 0.172. The molecule has 0 bridgehead atoms. The number of hydrogen-bond acceptors (Lipinski definition) is 3. The van der Waals surface area contributed by atoms with E-state index in [1.807, 2.05) is 0 Å². The van der Waals surface area contributed by atoms with Crippen molar-refractivity contribution in [3.63, 3.8) is 0 Å². The molecule has 58 valence electrons. The molecule has 10 heavy (non-hydrogen) atoms. The van der Waals surface area contributed by atoms with E-state index in [0.29, 0.717) is 6.04 Å². The summed E-state index contributed by atoms with van der Waals surface area (Å²) in [5.41, 5.74) is 6.03. The van der Waals surface area contributed by atoms with Crippen LogP contribution in [0.5, 0.6) is 0 Å². The number of nitrogens with one attached hydrogen (secondary N) is 1. The first-order chi connectivity index (χ1) is 4.81. The van der Waals surface area contributed by atoms with Gasteiger partial charge in [-0.1, -0.05) is 0 Å². The van der Waals surface area contributed by atoms with Crippen molar-refractivity contribution in [1.82, 2.24) is 5.32 Å². The molecule has 2 atom stereocenters. The lowest BCUT2D eigenvalue weighted by atomic mass is 9.96. The second-order valence-corrected chi connectivity index (χ2v) is 3.43. The molecule has 1 spiro atoms. The quantitative estimate of drug-likeness (QED) is 0.478. The maximum absolute atomic E-state index is 5.77. The molecule has 3 N–H and O–H groups in total. The maximum Gasteiger partial charge on any atom is 0.0649 e. The molecular weight excluding hydrogens is 128 g/mol. The Morgan fingerprint density at radius 3 is 3.00 bits per heavy atom. The van der Waals surface area contributed by atoms with Gasteiger partial charge in [-0.3, -0.25) is 0 Å². The van der Waals surface area contributed by atoms with Crippen LogP contribution in [0.25, 0.3) is 0 Å². The lowest BCUT2D eigenvalue weighted by Crippen LogP contribution is -2.39. The highest BCUT2D eigenvalue weighted by Gasteiger charge is 2.40. The Kier molecular flexibility index (Phi) is 1.44. The first-order valence-electron chi connectivity index (χ1n) is 3.89. The van der Waals surface area contributed by atoms with Crippen LogP contribution in [0.3, 0.4) is 0 Å². The highest BCUT2D eigenvalue weighted by atomic mass is 16.5. The highest BCUT2D eigenvalue weighted by molar-refractivity contribution is 5.00. The number of nitrogens with two attached hydrogens (primary N) is 1. The van der Waals surface area contributed by atoms with Crippen LogP contribution < -0.4 is 11.1 Å². The molecule has 2 aliphatic rings. The molecule has 0 amide bonds. The summed E-state index contributed by atoms with van der Waals surface area (Å²) >= 11 is 0. The predicted molar refractivity (Wildman–Crippen MR) is 38.8 cm³/mol. The lowest BCUT2D eigenvalue weighted by Gasteiger charge is -2.20. The second kappa shape index (κ2) is 2.19. The van der Waals surface area contributed by atoms with Crippen LogP contribution in [0.4, 0.5) is 0 Å². The van der Waals surface area contributed by atoms with Crippen molar-refractivity contribution in [2.45, 2.75) is 24.4 Å². The highest BCUT2D eigenvalue weighted by Crippen LogP contribution is 2.27. The van der Waals surface area contributed by atoms with Crippen LogP contribution in [0.15, 0.2) is 0 Å². The van der Waals surface area contributed by atoms with Crippen molar-refractivity contribution in [3.8, 4) is 0 Å². The van der Waals surface area contributed by atoms with Crippen LogP contribution >= 0.6 is 0 Å². The molecular formula is C7H14N2O. The summed E-state index contributed by atoms with van der Waals surface area (Å²) in [5.74, 6) is 0. The Hall–Kier alpha value is -0.120. The van der Waals surface area contributed by atoms with Crippen molar-refractivity contribution < 1.29 is 4.74 Å². The van der Waals surface area contributed by atoms with Crippen LogP contribution in [-0.2, 0) is 4.74 Å². The summed E-state index contributed by atoms with van der Waals surface area (Å²) in [6, 6.07) is 0.349. The van der Waals surface area contributed by atoms with Gasteiger partial charge in [-0.25, -0.2) is 0 Å². The zero-order chi connectivity index (χ0) is 7.03. The molecule has 2 saturated heterocycles. The minimum absolute atomic E-state index is 0.263. The molecule has 0 aromatic heterocycles. The fraction of sp³-hybridized carbons (Fsp3) is 1.00. The van der Waals surface area contributed by atoms with Crippen LogP contribution in [-0.4, -0.2) is 31.3 Å². The van der Waals surface area contributed by atoms with Crippen molar-refractivity contribution in [2.75, 3.05) is 19.8 Å². The average Bonchev–Trinajstić information content (AvgIpc) is 2.46. The Bertz CT molecular complexity index is 132. The van der Waals surface area contributed by atoms with Crippen molar-refractivity contribution in [1.29, 1.82) is 0 Å². The van der Waals surface area contributed by atoms with Crippen LogP contribution in [0.1, 0.15) is 12.8 Å². The van der Waals surface area contributed by atoms with E-state index in [4.69, 9.17) is 10.5 Å². The summed E-state index contributed by atoms with van der Waals surface area (Å²) in [6.07, 6.45) is 2.23. The molecule has 0 aromatic rings. The van der Waals surface area contributed by atoms with E-state index in [2.05, 4.69) is 5.32 Å². The van der Waals surface area contributed by atoms with Gasteiger partial charge in [0.1, 0.15) is 0 Å². The molecule has 2 unspecified atom stereocenters. The van der Waals surface area contributed by atoms with Gasteiger partial charge in [-0.15, -0.1) is 0 Å². The molecule has 2 aliphatic heterocycles. The van der Waals surface area contributed by atoms with Gasteiger partial charge in [-0.2, -0.15) is 0 Å². The number of hydrogen-bond donors (Lipinski definition) is 2. The van der Waals surface area contributed by atoms with E-state index in [-0.39, 0.29) is 5.54 Å². The Labute approximate surface area is 60.9 Å².